The number of carbonyl (C=O) groups excluding carboxylic acids is 2. The summed E-state index contributed by atoms with van der Waals surface area (Å²) in [7, 11) is 1.70. The highest BCUT2D eigenvalue weighted by molar-refractivity contribution is 7.16. The third-order valence-corrected chi connectivity index (χ3v) is 5.39. The van der Waals surface area contributed by atoms with E-state index >= 15 is 0 Å². The number of fused-ring (bicyclic) bond motifs is 1. The van der Waals surface area contributed by atoms with E-state index in [4.69, 9.17) is 4.74 Å². The molecule has 9 heteroatoms. The van der Waals surface area contributed by atoms with E-state index in [1.54, 1.807) is 25.1 Å². The Morgan fingerprint density at radius 2 is 2.27 bits per heavy atom. The molecule has 2 aromatic rings. The van der Waals surface area contributed by atoms with Gasteiger partial charge in [0.2, 0.25) is 0 Å². The minimum absolute atomic E-state index is 0.306. The summed E-state index contributed by atoms with van der Waals surface area (Å²) < 4.78 is 6.55. The zero-order chi connectivity index (χ0) is 18.8. The van der Waals surface area contributed by atoms with Crippen LogP contribution in [0.25, 0.3) is 0 Å². The molecule has 1 N–H and O–H groups in total. The highest BCUT2D eigenvalue weighted by atomic mass is 32.1. The van der Waals surface area contributed by atoms with Gasteiger partial charge >= 0.3 is 6.09 Å². The highest BCUT2D eigenvalue weighted by Crippen LogP contribution is 2.37. The molecule has 0 aliphatic carbocycles. The number of nitrogens with zero attached hydrogens (tertiary/aromatic N) is 4. The molecule has 0 radical (unpaired) electrons. The third kappa shape index (κ3) is 3.15. The Bertz CT molecular complexity index is 889. The summed E-state index contributed by atoms with van der Waals surface area (Å²) in [5.74, 6) is -0.306. The van der Waals surface area contributed by atoms with Crippen LogP contribution in [0.2, 0.25) is 0 Å². The normalized spacial score (nSPS) is 13.1. The number of rotatable bonds is 3. The summed E-state index contributed by atoms with van der Waals surface area (Å²) in [5, 5.41) is 17.0. The number of hydrogen-bond donors (Lipinski definition) is 1. The molecule has 0 saturated heterocycles. The lowest BCUT2D eigenvalue weighted by Gasteiger charge is -2.25. The lowest BCUT2D eigenvalue weighted by atomic mass is 10.0. The molecule has 2 aromatic heterocycles. The molecule has 1 aliphatic heterocycles. The Morgan fingerprint density at radius 3 is 2.88 bits per heavy atom. The van der Waals surface area contributed by atoms with E-state index in [0.29, 0.717) is 42.4 Å². The molecule has 0 fully saturated rings. The molecule has 2 amide bonds. The first kappa shape index (κ1) is 17.9. The molecule has 0 aromatic carbocycles. The first-order chi connectivity index (χ1) is 12.5. The lowest BCUT2D eigenvalue weighted by molar-refractivity contribution is 0.101. The molecular formula is C17H19N5O3S. The minimum atomic E-state index is -0.360. The Labute approximate surface area is 155 Å². The van der Waals surface area contributed by atoms with Crippen LogP contribution in [0.4, 0.5) is 9.80 Å². The summed E-state index contributed by atoms with van der Waals surface area (Å²) in [5.41, 5.74) is 2.59. The molecule has 0 bridgehead atoms. The number of nitrogens with one attached hydrogen (secondary N) is 1. The zero-order valence-corrected chi connectivity index (χ0v) is 15.6. The van der Waals surface area contributed by atoms with Gasteiger partial charge in [0.15, 0.2) is 0 Å². The summed E-state index contributed by atoms with van der Waals surface area (Å²) in [6.07, 6.45) is 1.83. The van der Waals surface area contributed by atoms with Crippen molar-refractivity contribution < 1.29 is 14.3 Å². The largest absolute Gasteiger partial charge is 0.450 e. The fourth-order valence-corrected chi connectivity index (χ4v) is 4.22. The second kappa shape index (κ2) is 7.17. The Hall–Kier alpha value is -2.86. The van der Waals surface area contributed by atoms with Gasteiger partial charge in [0.25, 0.3) is 5.91 Å². The quantitative estimate of drug-likeness (QED) is 0.890. The van der Waals surface area contributed by atoms with Gasteiger partial charge in [-0.25, -0.2) is 4.79 Å². The molecule has 0 unspecified atom stereocenters. The zero-order valence-electron chi connectivity index (χ0n) is 14.8. The number of nitriles is 1. The van der Waals surface area contributed by atoms with Gasteiger partial charge in [-0.05, 0) is 31.4 Å². The molecule has 0 saturated carbocycles. The SMILES string of the molecule is CCOC(=O)N1CCc2c(sc(NC(=O)c3c(C)cnn3C)c2C#N)C1. The number of thiophene rings is 1. The summed E-state index contributed by atoms with van der Waals surface area (Å²) in [6, 6.07) is 2.19. The Balaban J connectivity index is 1.86. The summed E-state index contributed by atoms with van der Waals surface area (Å²) >= 11 is 1.33. The molecule has 8 nitrogen and oxygen atoms in total. The monoisotopic (exact) mass is 373 g/mol. The number of amides is 2. The van der Waals surface area contributed by atoms with Crippen molar-refractivity contribution in [1.82, 2.24) is 14.7 Å². The average molecular weight is 373 g/mol. The van der Waals surface area contributed by atoms with E-state index in [1.165, 1.54) is 16.0 Å². The predicted molar refractivity (Wildman–Crippen MR) is 96.1 cm³/mol. The van der Waals surface area contributed by atoms with E-state index < -0.39 is 0 Å². The Morgan fingerprint density at radius 1 is 1.50 bits per heavy atom. The number of aromatic nitrogens is 2. The second-order valence-corrected chi connectivity index (χ2v) is 7.05. The maximum atomic E-state index is 12.6. The predicted octanol–water partition coefficient (Wildman–Crippen LogP) is 2.43. The number of carbonyl (C=O) groups is 2. The van der Waals surface area contributed by atoms with Crippen molar-refractivity contribution >= 4 is 28.3 Å². The van der Waals surface area contributed by atoms with Crippen molar-refractivity contribution in [3.63, 3.8) is 0 Å². The van der Waals surface area contributed by atoms with E-state index in [-0.39, 0.29) is 12.0 Å². The van der Waals surface area contributed by atoms with Gasteiger partial charge in [-0.15, -0.1) is 11.3 Å². The number of ether oxygens (including phenoxy) is 1. The molecule has 136 valence electrons. The van der Waals surface area contributed by atoms with E-state index in [0.717, 1.165) is 16.0 Å². The fraction of sp³-hybridized carbons (Fsp3) is 0.412. The maximum absolute atomic E-state index is 12.6. The van der Waals surface area contributed by atoms with Crippen LogP contribution < -0.4 is 5.32 Å². The molecule has 3 rings (SSSR count). The van der Waals surface area contributed by atoms with Crippen LogP contribution in [-0.2, 0) is 24.8 Å². The number of hydrogen-bond acceptors (Lipinski definition) is 6. The van der Waals surface area contributed by atoms with Crippen LogP contribution in [0.3, 0.4) is 0 Å². The van der Waals surface area contributed by atoms with Gasteiger partial charge in [0, 0.05) is 18.5 Å². The Kier molecular flexibility index (Phi) is 4.95. The van der Waals surface area contributed by atoms with Crippen LogP contribution in [0, 0.1) is 18.3 Å². The van der Waals surface area contributed by atoms with Crippen molar-refractivity contribution in [1.29, 1.82) is 5.26 Å². The van der Waals surface area contributed by atoms with Gasteiger partial charge in [-0.1, -0.05) is 0 Å². The summed E-state index contributed by atoms with van der Waals surface area (Å²) in [4.78, 5) is 27.0. The molecular weight excluding hydrogens is 354 g/mol. The topological polar surface area (TPSA) is 100 Å². The van der Waals surface area contributed by atoms with E-state index in [2.05, 4.69) is 16.5 Å². The highest BCUT2D eigenvalue weighted by Gasteiger charge is 2.28. The van der Waals surface area contributed by atoms with Crippen LogP contribution in [0.15, 0.2) is 6.20 Å². The molecule has 3 heterocycles. The third-order valence-electron chi connectivity index (χ3n) is 4.26. The first-order valence-corrected chi connectivity index (χ1v) is 9.04. The molecule has 0 spiro atoms. The molecule has 1 aliphatic rings. The van der Waals surface area contributed by atoms with E-state index in [1.807, 2.05) is 6.92 Å². The van der Waals surface area contributed by atoms with E-state index in [9.17, 15) is 14.9 Å². The maximum Gasteiger partial charge on any atom is 0.410 e. The molecule has 26 heavy (non-hydrogen) atoms. The van der Waals surface area contributed by atoms with Gasteiger partial charge in [0.1, 0.15) is 16.8 Å². The van der Waals surface area contributed by atoms with Crippen LogP contribution >= 0.6 is 11.3 Å². The van der Waals surface area contributed by atoms with Gasteiger partial charge in [0.05, 0.1) is 24.9 Å². The van der Waals surface area contributed by atoms with Crippen molar-refractivity contribution in [2.24, 2.45) is 7.05 Å². The minimum Gasteiger partial charge on any atom is -0.450 e. The van der Waals surface area contributed by atoms with Crippen molar-refractivity contribution in [2.45, 2.75) is 26.8 Å². The van der Waals surface area contributed by atoms with Crippen LogP contribution in [0.5, 0.6) is 0 Å². The van der Waals surface area contributed by atoms with Crippen LogP contribution in [-0.4, -0.2) is 39.8 Å². The standard InChI is InChI=1S/C17H19N5O3S/c1-4-25-17(24)22-6-5-11-12(7-18)16(26-13(11)9-22)20-15(23)14-10(2)8-19-21(14)3/h8H,4-6,9H2,1-3H3,(H,20,23). The lowest BCUT2D eigenvalue weighted by Crippen LogP contribution is -2.35. The smallest absolute Gasteiger partial charge is 0.410 e. The van der Waals surface area contributed by atoms with Crippen molar-refractivity contribution in [3.8, 4) is 6.07 Å². The summed E-state index contributed by atoms with van der Waals surface area (Å²) in [6.45, 7) is 4.77. The number of aryl methyl sites for hydroxylation is 2. The van der Waals surface area contributed by atoms with Gasteiger partial charge in [-0.3, -0.25) is 9.48 Å². The van der Waals surface area contributed by atoms with Crippen molar-refractivity contribution in [2.75, 3.05) is 18.5 Å². The average Bonchev–Trinajstić information content (AvgIpc) is 3.13. The van der Waals surface area contributed by atoms with Gasteiger partial charge < -0.3 is 15.0 Å². The number of anilines is 1. The fourth-order valence-electron chi connectivity index (χ4n) is 3.02. The van der Waals surface area contributed by atoms with Gasteiger partial charge in [-0.2, -0.15) is 10.4 Å². The van der Waals surface area contributed by atoms with Crippen LogP contribution in [0.1, 0.15) is 39.0 Å². The molecule has 0 atom stereocenters. The van der Waals surface area contributed by atoms with Crippen molar-refractivity contribution in [3.05, 3.63) is 33.5 Å². The first-order valence-electron chi connectivity index (χ1n) is 8.22. The second-order valence-electron chi connectivity index (χ2n) is 5.94.